The Balaban J connectivity index is 2.14. The van der Waals surface area contributed by atoms with Crippen molar-refractivity contribution in [2.24, 2.45) is 0 Å². The van der Waals surface area contributed by atoms with Gasteiger partial charge < -0.3 is 9.84 Å². The van der Waals surface area contributed by atoms with Crippen molar-refractivity contribution in [1.82, 2.24) is 0 Å². The number of ketones is 1. The molecule has 3 nitrogen and oxygen atoms in total. The molecule has 1 heterocycles. The number of methoxy groups -OCH3 is 1. The molecule has 2 rings (SSSR count). The molecule has 0 fully saturated rings. The topological polar surface area (TPSA) is 46.5 Å². The summed E-state index contributed by atoms with van der Waals surface area (Å²) >= 11 is 1.49. The summed E-state index contributed by atoms with van der Waals surface area (Å²) in [4.78, 5) is 11.7. The third-order valence-corrected chi connectivity index (χ3v) is 3.12. The molecule has 1 N–H and O–H groups in total. The second-order valence-electron chi connectivity index (χ2n) is 3.64. The number of ether oxygens (including phenoxy) is 1. The molecule has 0 radical (unpaired) electrons. The van der Waals surface area contributed by atoms with Crippen molar-refractivity contribution in [2.75, 3.05) is 7.11 Å². The van der Waals surface area contributed by atoms with Gasteiger partial charge in [-0.15, -0.1) is 0 Å². The summed E-state index contributed by atoms with van der Waals surface area (Å²) in [6.45, 7) is 0. The summed E-state index contributed by atoms with van der Waals surface area (Å²) in [7, 11) is 1.49. The highest BCUT2D eigenvalue weighted by molar-refractivity contribution is 7.08. The number of benzene rings is 1. The first-order valence-electron chi connectivity index (χ1n) is 5.32. The Morgan fingerprint density at radius 2 is 2.22 bits per heavy atom. The standard InChI is InChI=1S/C14H12O3S/c1-17-14-5-3-10(8-13(14)16)2-4-12(15)11-6-7-18-9-11/h2-9,16H,1H3/b4-2-. The fourth-order valence-corrected chi connectivity index (χ4v) is 2.13. The van der Waals surface area contributed by atoms with Gasteiger partial charge in [-0.3, -0.25) is 4.79 Å². The average molecular weight is 260 g/mol. The Morgan fingerprint density at radius 3 is 2.83 bits per heavy atom. The zero-order valence-electron chi connectivity index (χ0n) is 9.79. The molecule has 0 saturated heterocycles. The van der Waals surface area contributed by atoms with Crippen LogP contribution in [0.3, 0.4) is 0 Å². The van der Waals surface area contributed by atoms with Gasteiger partial charge in [0.25, 0.3) is 0 Å². The maximum atomic E-state index is 11.7. The van der Waals surface area contributed by atoms with E-state index < -0.39 is 0 Å². The highest BCUT2D eigenvalue weighted by Crippen LogP contribution is 2.26. The van der Waals surface area contributed by atoms with E-state index in [1.54, 1.807) is 35.7 Å². The van der Waals surface area contributed by atoms with E-state index in [1.807, 2.05) is 5.38 Å². The smallest absolute Gasteiger partial charge is 0.186 e. The lowest BCUT2D eigenvalue weighted by Gasteiger charge is -2.03. The van der Waals surface area contributed by atoms with E-state index in [1.165, 1.54) is 24.5 Å². The summed E-state index contributed by atoms with van der Waals surface area (Å²) in [5.41, 5.74) is 1.42. The summed E-state index contributed by atoms with van der Waals surface area (Å²) < 4.78 is 4.94. The molecule has 0 aliphatic heterocycles. The van der Waals surface area contributed by atoms with Crippen molar-refractivity contribution in [3.05, 3.63) is 52.2 Å². The molecule has 2 aromatic rings. The minimum absolute atomic E-state index is 0.0495. The summed E-state index contributed by atoms with van der Waals surface area (Å²) in [6, 6.07) is 6.76. The third kappa shape index (κ3) is 2.78. The second-order valence-corrected chi connectivity index (χ2v) is 4.42. The third-order valence-electron chi connectivity index (χ3n) is 2.44. The van der Waals surface area contributed by atoms with Gasteiger partial charge in [0.2, 0.25) is 0 Å². The number of thiophene rings is 1. The fourth-order valence-electron chi connectivity index (χ4n) is 1.48. The number of hydrogen-bond donors (Lipinski definition) is 1. The average Bonchev–Trinajstić information content (AvgIpc) is 2.90. The normalized spacial score (nSPS) is 10.7. The SMILES string of the molecule is COc1ccc(/C=C\C(=O)c2ccsc2)cc1O. The van der Waals surface area contributed by atoms with E-state index in [9.17, 15) is 9.90 Å². The number of allylic oxidation sites excluding steroid dienone is 1. The maximum absolute atomic E-state index is 11.7. The van der Waals surface area contributed by atoms with Gasteiger partial charge in [0.1, 0.15) is 0 Å². The lowest BCUT2D eigenvalue weighted by molar-refractivity contribution is 0.104. The molecule has 18 heavy (non-hydrogen) atoms. The molecule has 0 aliphatic rings. The van der Waals surface area contributed by atoms with Crippen LogP contribution in [0.25, 0.3) is 6.08 Å². The van der Waals surface area contributed by atoms with E-state index in [-0.39, 0.29) is 11.5 Å². The van der Waals surface area contributed by atoms with Crippen molar-refractivity contribution in [1.29, 1.82) is 0 Å². The predicted molar refractivity (Wildman–Crippen MR) is 72.3 cm³/mol. The molecule has 1 aromatic carbocycles. The Labute approximate surface area is 109 Å². The Bertz CT molecular complexity index is 571. The lowest BCUT2D eigenvalue weighted by Crippen LogP contribution is -1.90. The van der Waals surface area contributed by atoms with Gasteiger partial charge >= 0.3 is 0 Å². The van der Waals surface area contributed by atoms with Gasteiger partial charge in [0, 0.05) is 10.9 Å². The molecular formula is C14H12O3S. The van der Waals surface area contributed by atoms with Crippen LogP contribution < -0.4 is 4.74 Å². The molecule has 1 aromatic heterocycles. The van der Waals surface area contributed by atoms with Gasteiger partial charge in [-0.25, -0.2) is 0 Å². The van der Waals surface area contributed by atoms with Gasteiger partial charge in [-0.1, -0.05) is 12.1 Å². The van der Waals surface area contributed by atoms with Gasteiger partial charge in [0.05, 0.1) is 7.11 Å². The quantitative estimate of drug-likeness (QED) is 0.677. The van der Waals surface area contributed by atoms with E-state index >= 15 is 0 Å². The number of rotatable bonds is 4. The second kappa shape index (κ2) is 5.51. The first-order valence-corrected chi connectivity index (χ1v) is 6.26. The molecule has 0 spiro atoms. The van der Waals surface area contributed by atoms with Crippen LogP contribution in [0.5, 0.6) is 11.5 Å². The molecule has 4 heteroatoms. The first-order chi connectivity index (χ1) is 8.70. The van der Waals surface area contributed by atoms with E-state index in [0.717, 1.165) is 5.56 Å². The first kappa shape index (κ1) is 12.4. The number of aromatic hydroxyl groups is 1. The van der Waals surface area contributed by atoms with Crippen molar-refractivity contribution in [3.63, 3.8) is 0 Å². The number of carbonyl (C=O) groups excluding carboxylic acids is 1. The Hall–Kier alpha value is -2.07. The summed E-state index contributed by atoms with van der Waals surface area (Å²) in [6.07, 6.45) is 3.16. The Kier molecular flexibility index (Phi) is 3.79. The van der Waals surface area contributed by atoms with Crippen molar-refractivity contribution in [3.8, 4) is 11.5 Å². The van der Waals surface area contributed by atoms with E-state index in [4.69, 9.17) is 4.74 Å². The maximum Gasteiger partial charge on any atom is 0.186 e. The summed E-state index contributed by atoms with van der Waals surface area (Å²) in [5, 5.41) is 13.3. The van der Waals surface area contributed by atoms with Crippen LogP contribution in [0.4, 0.5) is 0 Å². The highest BCUT2D eigenvalue weighted by atomic mass is 32.1. The van der Waals surface area contributed by atoms with E-state index in [0.29, 0.717) is 11.3 Å². The van der Waals surface area contributed by atoms with Crippen LogP contribution in [-0.4, -0.2) is 18.0 Å². The van der Waals surface area contributed by atoms with Crippen molar-refractivity contribution < 1.29 is 14.6 Å². The molecule has 0 amide bonds. The zero-order valence-corrected chi connectivity index (χ0v) is 10.6. The summed E-state index contributed by atoms with van der Waals surface area (Å²) in [5.74, 6) is 0.422. The molecule has 0 atom stereocenters. The van der Waals surface area contributed by atoms with Crippen molar-refractivity contribution >= 4 is 23.2 Å². The van der Waals surface area contributed by atoms with Crippen LogP contribution in [0.2, 0.25) is 0 Å². The van der Waals surface area contributed by atoms with Crippen LogP contribution in [0, 0.1) is 0 Å². The minimum atomic E-state index is -0.0495. The van der Waals surface area contributed by atoms with Crippen LogP contribution in [0.15, 0.2) is 41.1 Å². The van der Waals surface area contributed by atoms with Crippen LogP contribution in [0.1, 0.15) is 15.9 Å². The lowest BCUT2D eigenvalue weighted by atomic mass is 10.1. The van der Waals surface area contributed by atoms with Gasteiger partial charge in [-0.2, -0.15) is 11.3 Å². The van der Waals surface area contributed by atoms with Crippen LogP contribution >= 0.6 is 11.3 Å². The molecule has 92 valence electrons. The fraction of sp³-hybridized carbons (Fsp3) is 0.0714. The predicted octanol–water partition coefficient (Wildman–Crippen LogP) is 3.36. The molecule has 0 saturated carbocycles. The zero-order chi connectivity index (χ0) is 13.0. The number of carbonyl (C=O) groups is 1. The number of phenols is 1. The van der Waals surface area contributed by atoms with Gasteiger partial charge in [-0.05, 0) is 35.2 Å². The molecule has 0 bridgehead atoms. The molecule has 0 aliphatic carbocycles. The van der Waals surface area contributed by atoms with Crippen molar-refractivity contribution in [2.45, 2.75) is 0 Å². The highest BCUT2D eigenvalue weighted by Gasteiger charge is 2.03. The van der Waals surface area contributed by atoms with Crippen LogP contribution in [-0.2, 0) is 0 Å². The monoisotopic (exact) mass is 260 g/mol. The van der Waals surface area contributed by atoms with E-state index in [2.05, 4.69) is 0 Å². The number of phenolic OH excluding ortho intramolecular Hbond substituents is 1. The molecule has 0 unspecified atom stereocenters. The number of hydrogen-bond acceptors (Lipinski definition) is 4. The van der Waals surface area contributed by atoms with Gasteiger partial charge in [0.15, 0.2) is 17.3 Å². The Morgan fingerprint density at radius 1 is 1.39 bits per heavy atom. The molecular weight excluding hydrogens is 248 g/mol. The largest absolute Gasteiger partial charge is 0.504 e. The minimum Gasteiger partial charge on any atom is -0.504 e.